The number of pyridine rings is 1. The number of rotatable bonds is 5. The Morgan fingerprint density at radius 1 is 1.24 bits per heavy atom. The summed E-state index contributed by atoms with van der Waals surface area (Å²) in [7, 11) is 0. The number of hydrogen-bond acceptors (Lipinski definition) is 5. The van der Waals surface area contributed by atoms with Crippen molar-refractivity contribution >= 4 is 17.7 Å². The van der Waals surface area contributed by atoms with Crippen LogP contribution in [0.3, 0.4) is 0 Å². The van der Waals surface area contributed by atoms with Gasteiger partial charge in [-0.2, -0.15) is 0 Å². The Labute approximate surface area is 124 Å². The zero-order chi connectivity index (χ0) is 15.9. The Morgan fingerprint density at radius 3 is 2.48 bits per heavy atom. The van der Waals surface area contributed by atoms with E-state index in [0.717, 1.165) is 0 Å². The Morgan fingerprint density at radius 2 is 1.90 bits per heavy atom. The zero-order valence-corrected chi connectivity index (χ0v) is 12.6. The standard InChI is InChI=1S/C14H22N4O3/c1-14(2,3)21-13(20)17-8-4-7-16-12(19)11-6-5-10(15)9-18-11/h5-6,9H,4,7-8,15H2,1-3H3,(H,16,19)(H,17,20). The highest BCUT2D eigenvalue weighted by Gasteiger charge is 2.15. The van der Waals surface area contributed by atoms with E-state index in [2.05, 4.69) is 15.6 Å². The predicted octanol–water partition coefficient (Wildman–Crippen LogP) is 1.31. The van der Waals surface area contributed by atoms with Crippen molar-refractivity contribution in [1.82, 2.24) is 15.6 Å². The van der Waals surface area contributed by atoms with Gasteiger partial charge in [-0.15, -0.1) is 0 Å². The average molecular weight is 294 g/mol. The smallest absolute Gasteiger partial charge is 0.407 e. The molecule has 0 radical (unpaired) electrons. The molecule has 0 aromatic carbocycles. The van der Waals surface area contributed by atoms with Crippen LogP contribution in [0.15, 0.2) is 18.3 Å². The molecule has 0 spiro atoms. The molecule has 116 valence electrons. The molecule has 1 heterocycles. The first-order valence-corrected chi connectivity index (χ1v) is 6.74. The molecule has 0 fully saturated rings. The fourth-order valence-corrected chi connectivity index (χ4v) is 1.43. The molecular formula is C14H22N4O3. The van der Waals surface area contributed by atoms with Gasteiger partial charge in [0.2, 0.25) is 0 Å². The van der Waals surface area contributed by atoms with Crippen molar-refractivity contribution in [3.63, 3.8) is 0 Å². The topological polar surface area (TPSA) is 106 Å². The van der Waals surface area contributed by atoms with Gasteiger partial charge in [0.05, 0.1) is 11.9 Å². The number of hydrogen-bond donors (Lipinski definition) is 3. The second kappa shape index (κ2) is 7.47. The minimum atomic E-state index is -0.515. The van der Waals surface area contributed by atoms with Crippen LogP contribution in [0.1, 0.15) is 37.7 Å². The molecule has 0 aliphatic carbocycles. The van der Waals surface area contributed by atoms with Crippen LogP contribution >= 0.6 is 0 Å². The number of nitrogens with two attached hydrogens (primary N) is 1. The first-order chi connectivity index (χ1) is 9.78. The lowest BCUT2D eigenvalue weighted by Gasteiger charge is -2.19. The van der Waals surface area contributed by atoms with Crippen LogP contribution in [-0.2, 0) is 4.74 Å². The van der Waals surface area contributed by atoms with Crippen LogP contribution < -0.4 is 16.4 Å². The van der Waals surface area contributed by atoms with Crippen LogP contribution in [0.2, 0.25) is 0 Å². The van der Waals surface area contributed by atoms with Gasteiger partial charge in [-0.3, -0.25) is 4.79 Å². The minimum absolute atomic E-state index is 0.271. The highest BCUT2D eigenvalue weighted by molar-refractivity contribution is 5.92. The second-order valence-corrected chi connectivity index (χ2v) is 5.51. The highest BCUT2D eigenvalue weighted by Crippen LogP contribution is 2.06. The van der Waals surface area contributed by atoms with E-state index in [-0.39, 0.29) is 5.91 Å². The summed E-state index contributed by atoms with van der Waals surface area (Å²) in [6.45, 7) is 6.25. The largest absolute Gasteiger partial charge is 0.444 e. The summed E-state index contributed by atoms with van der Waals surface area (Å²) in [5, 5.41) is 5.32. The van der Waals surface area contributed by atoms with Crippen molar-refractivity contribution in [3.8, 4) is 0 Å². The van der Waals surface area contributed by atoms with E-state index in [0.29, 0.717) is 30.9 Å². The Bertz CT molecular complexity index is 480. The summed E-state index contributed by atoms with van der Waals surface area (Å²) in [6.07, 6.45) is 1.56. The van der Waals surface area contributed by atoms with Gasteiger partial charge in [0.1, 0.15) is 11.3 Å². The number of aromatic nitrogens is 1. The molecule has 0 aliphatic rings. The molecule has 0 unspecified atom stereocenters. The number of nitrogens with one attached hydrogen (secondary N) is 2. The Kier molecular flexibility index (Phi) is 5.95. The molecule has 1 rings (SSSR count). The fourth-order valence-electron chi connectivity index (χ4n) is 1.43. The number of anilines is 1. The lowest BCUT2D eigenvalue weighted by atomic mass is 10.2. The van der Waals surface area contributed by atoms with E-state index in [4.69, 9.17) is 10.5 Å². The Hall–Kier alpha value is -2.31. The van der Waals surface area contributed by atoms with Crippen molar-refractivity contribution < 1.29 is 14.3 Å². The Balaban J connectivity index is 2.18. The third-order valence-electron chi connectivity index (χ3n) is 2.33. The molecule has 7 heteroatoms. The first-order valence-electron chi connectivity index (χ1n) is 6.74. The van der Waals surface area contributed by atoms with Gasteiger partial charge >= 0.3 is 6.09 Å². The van der Waals surface area contributed by atoms with Crippen molar-refractivity contribution in [1.29, 1.82) is 0 Å². The lowest BCUT2D eigenvalue weighted by Crippen LogP contribution is -2.34. The third kappa shape index (κ3) is 7.14. The maximum atomic E-state index is 11.7. The normalized spacial score (nSPS) is 10.8. The molecule has 0 atom stereocenters. The maximum Gasteiger partial charge on any atom is 0.407 e. The van der Waals surface area contributed by atoms with E-state index in [1.165, 1.54) is 6.20 Å². The number of ether oxygens (including phenoxy) is 1. The molecule has 1 aromatic rings. The van der Waals surface area contributed by atoms with E-state index < -0.39 is 11.7 Å². The number of carbonyl (C=O) groups excluding carboxylic acids is 2. The summed E-state index contributed by atoms with van der Waals surface area (Å²) in [5.74, 6) is -0.271. The quantitative estimate of drug-likeness (QED) is 0.710. The van der Waals surface area contributed by atoms with Crippen LogP contribution in [0.25, 0.3) is 0 Å². The summed E-state index contributed by atoms with van der Waals surface area (Å²) >= 11 is 0. The second-order valence-electron chi connectivity index (χ2n) is 5.51. The molecule has 1 aromatic heterocycles. The van der Waals surface area contributed by atoms with Gasteiger partial charge < -0.3 is 21.1 Å². The van der Waals surface area contributed by atoms with E-state index in [9.17, 15) is 9.59 Å². The van der Waals surface area contributed by atoms with E-state index >= 15 is 0 Å². The van der Waals surface area contributed by atoms with Crippen molar-refractivity contribution in [2.45, 2.75) is 32.8 Å². The van der Waals surface area contributed by atoms with Gasteiger partial charge in [-0.05, 0) is 39.3 Å². The molecule has 7 nitrogen and oxygen atoms in total. The van der Waals surface area contributed by atoms with Crippen molar-refractivity contribution in [2.24, 2.45) is 0 Å². The van der Waals surface area contributed by atoms with Crippen LogP contribution in [-0.4, -0.2) is 35.7 Å². The van der Waals surface area contributed by atoms with Crippen molar-refractivity contribution in [3.05, 3.63) is 24.0 Å². The summed E-state index contributed by atoms with van der Waals surface area (Å²) in [5.41, 5.74) is 5.79. The fraction of sp³-hybridized carbons (Fsp3) is 0.500. The van der Waals surface area contributed by atoms with E-state index in [1.807, 2.05) is 0 Å². The number of nitrogen functional groups attached to an aromatic ring is 1. The molecule has 2 amide bonds. The van der Waals surface area contributed by atoms with Gasteiger partial charge in [0.15, 0.2) is 0 Å². The maximum absolute atomic E-state index is 11.7. The highest BCUT2D eigenvalue weighted by atomic mass is 16.6. The zero-order valence-electron chi connectivity index (χ0n) is 12.6. The number of nitrogens with zero attached hydrogens (tertiary/aromatic N) is 1. The number of alkyl carbamates (subject to hydrolysis) is 1. The molecule has 21 heavy (non-hydrogen) atoms. The predicted molar refractivity (Wildman–Crippen MR) is 79.8 cm³/mol. The molecular weight excluding hydrogens is 272 g/mol. The van der Waals surface area contributed by atoms with E-state index in [1.54, 1.807) is 32.9 Å². The van der Waals surface area contributed by atoms with Crippen LogP contribution in [0.5, 0.6) is 0 Å². The van der Waals surface area contributed by atoms with Gasteiger partial charge in [0, 0.05) is 13.1 Å². The third-order valence-corrected chi connectivity index (χ3v) is 2.33. The summed E-state index contributed by atoms with van der Waals surface area (Å²) < 4.78 is 5.09. The minimum Gasteiger partial charge on any atom is -0.444 e. The molecule has 0 bridgehead atoms. The molecule has 0 saturated carbocycles. The van der Waals surface area contributed by atoms with Crippen LogP contribution in [0.4, 0.5) is 10.5 Å². The average Bonchev–Trinajstić information content (AvgIpc) is 2.36. The van der Waals surface area contributed by atoms with Gasteiger partial charge in [0.25, 0.3) is 5.91 Å². The number of carbonyl (C=O) groups is 2. The molecule has 0 aliphatic heterocycles. The number of amides is 2. The first kappa shape index (κ1) is 16.7. The van der Waals surface area contributed by atoms with Gasteiger partial charge in [-0.25, -0.2) is 9.78 Å². The monoisotopic (exact) mass is 294 g/mol. The summed E-state index contributed by atoms with van der Waals surface area (Å²) in [4.78, 5) is 27.0. The molecule has 4 N–H and O–H groups in total. The summed E-state index contributed by atoms with van der Waals surface area (Å²) in [6, 6.07) is 3.18. The van der Waals surface area contributed by atoms with Gasteiger partial charge in [-0.1, -0.05) is 0 Å². The van der Waals surface area contributed by atoms with Crippen molar-refractivity contribution in [2.75, 3.05) is 18.8 Å². The molecule has 0 saturated heterocycles. The SMILES string of the molecule is CC(C)(C)OC(=O)NCCCNC(=O)c1ccc(N)cn1. The van der Waals surface area contributed by atoms with Crippen LogP contribution in [0, 0.1) is 0 Å². The lowest BCUT2D eigenvalue weighted by molar-refractivity contribution is 0.0527.